The normalized spacial score (nSPS) is 12.7. The summed E-state index contributed by atoms with van der Waals surface area (Å²) in [4.78, 5) is 64.4. The molecule has 9 aromatic carbocycles. The maximum atomic E-state index is 13.2. The third-order valence-electron chi connectivity index (χ3n) is 21.0. The Morgan fingerprint density at radius 1 is 0.436 bits per heavy atom. The molecule has 4 unspecified atom stereocenters. The van der Waals surface area contributed by atoms with E-state index in [-0.39, 0.29) is 53.6 Å². The van der Waals surface area contributed by atoms with Crippen LogP contribution >= 0.6 is 34.2 Å². The minimum Gasteiger partial charge on any atom is -0.464 e. The molecule has 0 bridgehead atoms. The minimum atomic E-state index is -5.17. The lowest BCUT2D eigenvalue weighted by molar-refractivity contribution is -0.143. The highest BCUT2D eigenvalue weighted by Crippen LogP contribution is 2.41. The Morgan fingerprint density at radius 3 is 1.01 bits per heavy atom. The molecule has 38 nitrogen and oxygen atoms in total. The molecule has 4 atom stereocenters. The van der Waals surface area contributed by atoms with Crippen molar-refractivity contribution < 1.29 is 106 Å². The predicted octanol–water partition coefficient (Wildman–Crippen LogP) is 12.9. The monoisotopic (exact) mass is 2150 g/mol. The average molecular weight is 2150 g/mol. The fraction of sp³-hybridized carbons (Fsp3) is 0.211. The highest BCUT2D eigenvalue weighted by molar-refractivity contribution is 14.1. The summed E-state index contributed by atoms with van der Waals surface area (Å²) in [5.41, 5.74) is 25.1. The molecule has 0 aliphatic rings. The van der Waals surface area contributed by atoms with Crippen molar-refractivity contribution in [1.29, 1.82) is 21.6 Å². The van der Waals surface area contributed by atoms with Gasteiger partial charge in [-0.2, -0.15) is 64.3 Å². The average Bonchev–Trinajstić information content (AvgIpc) is 1.51. The van der Waals surface area contributed by atoms with Gasteiger partial charge >= 0.3 is 22.6 Å². The van der Waals surface area contributed by atoms with Crippen LogP contribution in [0.5, 0.6) is 0 Å². The van der Waals surface area contributed by atoms with E-state index < -0.39 is 129 Å². The number of furan rings is 4. The van der Waals surface area contributed by atoms with Gasteiger partial charge in [-0.25, -0.2) is 34.3 Å². The molecule has 13 aromatic rings. The van der Waals surface area contributed by atoms with Crippen molar-refractivity contribution in [2.45, 2.75) is 104 Å². The number of nitrogens with zero attached hydrogens (tertiary/aromatic N) is 1. The molecule has 4 aromatic heterocycles. The number of aryl methyl sites for hydroxylation is 6. The number of carbonyl (C=O) groups is 5. The molecule has 50 heteroatoms. The first kappa shape index (κ1) is 108. The van der Waals surface area contributed by atoms with E-state index in [9.17, 15) is 84.0 Å². The molecule has 0 saturated heterocycles. The Bertz CT molecular complexity index is 7430. The maximum absolute atomic E-state index is 13.2. The smallest absolute Gasteiger partial charge is 0.416 e. The fourth-order valence-electron chi connectivity index (χ4n) is 14.0. The molecular formula is C90H94ClF6IN20O18S4. The molecule has 0 spiro atoms. The van der Waals surface area contributed by atoms with Crippen LogP contribution in [0.1, 0.15) is 150 Å². The Morgan fingerprint density at radius 2 is 0.729 bits per heavy atom. The minimum absolute atomic E-state index is 0.00355. The van der Waals surface area contributed by atoms with Crippen molar-refractivity contribution in [3.63, 3.8) is 0 Å². The highest BCUT2D eigenvalue weighted by atomic mass is 127. The summed E-state index contributed by atoms with van der Waals surface area (Å²) in [6, 6.07) is 34.6. The van der Waals surface area contributed by atoms with E-state index in [1.54, 1.807) is 138 Å². The molecule has 13 rings (SSSR count). The first-order valence-electron chi connectivity index (χ1n) is 41.3. The van der Waals surface area contributed by atoms with Gasteiger partial charge in [0.05, 0.1) is 38.5 Å². The van der Waals surface area contributed by atoms with Gasteiger partial charge in [0.25, 0.3) is 60.2 Å². The molecule has 25 N–H and O–H groups in total. The lowest BCUT2D eigenvalue weighted by Gasteiger charge is -2.22. The van der Waals surface area contributed by atoms with Crippen LogP contribution in [0.15, 0.2) is 200 Å². The van der Waals surface area contributed by atoms with Crippen LogP contribution in [-0.4, -0.2) is 112 Å². The summed E-state index contributed by atoms with van der Waals surface area (Å²) in [6.07, 6.45) is -3.65. The van der Waals surface area contributed by atoms with Gasteiger partial charge in [0.15, 0.2) is 0 Å². The topological polar surface area (TPSA) is 647 Å². The summed E-state index contributed by atoms with van der Waals surface area (Å²) in [6.45, 7) is 11.6. The van der Waals surface area contributed by atoms with Crippen LogP contribution in [0.4, 0.5) is 49.1 Å². The van der Waals surface area contributed by atoms with Gasteiger partial charge in [-0.1, -0.05) is 32.4 Å². The molecular weight excluding hydrogens is 2050 g/mol. The van der Waals surface area contributed by atoms with Crippen molar-refractivity contribution in [3.8, 4) is 0 Å². The molecule has 0 aliphatic heterocycles. The third kappa shape index (κ3) is 27.7. The molecule has 5 amide bonds. The highest BCUT2D eigenvalue weighted by Gasteiger charge is 2.39. The van der Waals surface area contributed by atoms with E-state index in [4.69, 9.17) is 88.3 Å². The molecule has 0 saturated carbocycles. The standard InChI is InChI=1S/C29H25F6N5O5S.C22H27N5O4S.C20H23N5O4S.C19H19ClIN5O5S/c1-3-15-8-17(11-22-14(2)13-45-24(15)22)23(27(42)40-46(37,43)44)38-21-6-4-16(5-7-21)25(36)39-26(41)18-9-19(28(30,31)32)12-20(10-18)29(33,34)35;1-5-14-10-16(11-18-13(2)12-31-20(14)18)19(22(28)26-32(29,30)27(3)4)25-17-8-6-15(7-9-17)21(23)24;1-3-12-8-14(9-16-11(2)10-29-18(12)16)17(20(26)25-30(23,27)28)24-15-6-4-13(5-7-15)19(21)22;1-30-8-14-15(20)12-6-10(7-13(21)17(12)31-14)16(19(27)26-32(24,28)29)25-11-4-2-9(3-5-11)18(22)23/h4-13,23,38H,3H2,1-2H3,(H,40,42)(H2,36,39,41)(H2,37,43,44);6-12,19,25H,5H2,1-4H3,(H3,23,24)(H,26,28);4-10,17,24H,3H2,1-2H3,(H3,21,22)(H,25,26)(H2,23,27,28);2-7,16,25H,8H2,1H3,(H3,22,23)(H,26,27)(H2,24,28,29). The zero-order valence-corrected chi connectivity index (χ0v) is 81.6. The van der Waals surface area contributed by atoms with Gasteiger partial charge in [-0.15, -0.1) is 0 Å². The number of benzene rings is 9. The van der Waals surface area contributed by atoms with E-state index in [2.05, 4.69) is 26.0 Å². The fourth-order valence-corrected chi connectivity index (χ4v) is 16.7. The molecule has 0 radical (unpaired) electrons. The third-order valence-corrected chi connectivity index (χ3v) is 25.1. The van der Waals surface area contributed by atoms with Crippen LogP contribution < -0.4 is 78.1 Å². The van der Waals surface area contributed by atoms with Gasteiger partial charge in [-0.05, 0) is 282 Å². The van der Waals surface area contributed by atoms with Crippen LogP contribution in [0, 0.1) is 46.0 Å². The molecule has 4 heterocycles. The van der Waals surface area contributed by atoms with Gasteiger partial charge in [-0.3, -0.25) is 45.6 Å². The number of methoxy groups -OCH3 is 1. The maximum Gasteiger partial charge on any atom is 0.416 e. The van der Waals surface area contributed by atoms with Crippen molar-refractivity contribution in [2.24, 2.45) is 32.6 Å². The predicted molar refractivity (Wildman–Crippen MR) is 525 cm³/mol. The Labute approximate surface area is 816 Å². The number of amides is 5. The van der Waals surface area contributed by atoms with Crippen molar-refractivity contribution in [1.82, 2.24) is 28.5 Å². The SMILES string of the molecule is CCc1cc(C(Nc2ccc(C(=N)N)cc2)C(=O)NS(=O)(=O)N(C)C)cc2c(C)coc12.CCc1cc(C(Nc2ccc(C(=N)N)cc2)C(=O)NS(N)(=O)=O)cc2c(C)coc12.CCc1cc(C(Nc2ccc(C(=N)NC(=O)c3cc(C(F)(F)F)cc(C(F)(F)F)c3)cc2)C(=O)NS(N)(=O)=O)cc2c(C)coc12.COCc1oc2c(I)cc(C(Nc3ccc(C(=N)N)cc3)C(=O)NS(N)(=O)=O)cc2c1Cl. The summed E-state index contributed by atoms with van der Waals surface area (Å²) < 4.78 is 210. The van der Waals surface area contributed by atoms with Crippen LogP contribution in [-0.2, 0) is 103 Å². The van der Waals surface area contributed by atoms with E-state index in [0.717, 1.165) is 59.6 Å². The van der Waals surface area contributed by atoms with Crippen LogP contribution in [0.25, 0.3) is 43.9 Å². The van der Waals surface area contributed by atoms with Gasteiger partial charge < -0.3 is 66.2 Å². The number of hydrogen-bond donors (Lipinski definition) is 19. The van der Waals surface area contributed by atoms with Crippen molar-refractivity contribution >= 4 is 195 Å². The number of amidine groups is 4. The number of alkyl halides is 6. The molecule has 742 valence electrons. The lowest BCUT2D eigenvalue weighted by atomic mass is 9.98. The second-order valence-electron chi connectivity index (χ2n) is 31.4. The Hall–Kier alpha value is -14.0. The number of hydrogen-bond acceptors (Lipinski definition) is 26. The molecule has 0 fully saturated rings. The number of nitrogens with two attached hydrogens (primary N) is 6. The molecule has 0 aliphatic carbocycles. The van der Waals surface area contributed by atoms with Crippen molar-refractivity contribution in [2.75, 3.05) is 42.5 Å². The van der Waals surface area contributed by atoms with Crippen LogP contribution in [0.2, 0.25) is 5.02 Å². The zero-order valence-electron chi connectivity index (χ0n) is 75.4. The first-order valence-corrected chi connectivity index (χ1v) is 48.8. The number of carbonyl (C=O) groups excluding carboxylic acids is 5. The Balaban J connectivity index is 0.000000195. The first-order chi connectivity index (χ1) is 65.4. The summed E-state index contributed by atoms with van der Waals surface area (Å²) in [5.74, 6) is -5.34. The number of fused-ring (bicyclic) bond motifs is 4. The number of halogens is 8. The van der Waals surface area contributed by atoms with E-state index in [1.807, 2.05) is 79.4 Å². The number of ether oxygens (including phenoxy) is 1. The number of nitrogens with one attached hydrogen (secondary N) is 13. The van der Waals surface area contributed by atoms with E-state index in [0.29, 0.717) is 112 Å². The Kier molecular flexibility index (Phi) is 34.3. The second kappa shape index (κ2) is 44.4. The zero-order chi connectivity index (χ0) is 103. The van der Waals surface area contributed by atoms with Crippen LogP contribution in [0.3, 0.4) is 0 Å². The number of nitrogen functional groups attached to an aromatic ring is 3. The number of rotatable bonds is 31. The number of anilines is 4. The van der Waals surface area contributed by atoms with Crippen molar-refractivity contribution in [3.05, 3.63) is 292 Å². The molecule has 140 heavy (non-hydrogen) atoms. The largest absolute Gasteiger partial charge is 0.464 e. The van der Waals surface area contributed by atoms with E-state index in [1.165, 1.54) is 51.7 Å². The van der Waals surface area contributed by atoms with Gasteiger partial charge in [0.2, 0.25) is 0 Å². The second-order valence-corrected chi connectivity index (χ2v) is 38.7. The van der Waals surface area contributed by atoms with Gasteiger partial charge in [0.1, 0.15) is 82.2 Å². The summed E-state index contributed by atoms with van der Waals surface area (Å²) in [5, 5.41) is 62.9. The lowest BCUT2D eigenvalue weighted by Crippen LogP contribution is -2.43. The quantitative estimate of drug-likeness (QED) is 0.00830. The summed E-state index contributed by atoms with van der Waals surface area (Å²) >= 11 is 8.47. The summed E-state index contributed by atoms with van der Waals surface area (Å²) in [7, 11) is -12.8. The van der Waals surface area contributed by atoms with Gasteiger partial charge in [0, 0.05) is 93.3 Å². The van der Waals surface area contributed by atoms with E-state index >= 15 is 0 Å².